The Morgan fingerprint density at radius 2 is 1.83 bits per heavy atom. The summed E-state index contributed by atoms with van der Waals surface area (Å²) in [6.07, 6.45) is 4.14. The van der Waals surface area contributed by atoms with Crippen LogP contribution in [0.15, 0.2) is 53.2 Å². The Bertz CT molecular complexity index is 1120. The van der Waals surface area contributed by atoms with Crippen molar-refractivity contribution < 1.29 is 4.52 Å². The van der Waals surface area contributed by atoms with E-state index < -0.39 is 0 Å². The van der Waals surface area contributed by atoms with E-state index in [0.29, 0.717) is 5.92 Å². The Hall–Kier alpha value is -3.19. The van der Waals surface area contributed by atoms with E-state index in [1.54, 1.807) is 0 Å². The maximum atomic E-state index is 5.30. The lowest BCUT2D eigenvalue weighted by Gasteiger charge is -2.30. The lowest BCUT2D eigenvalue weighted by molar-refractivity contribution is 0.200. The molecule has 0 saturated carbocycles. The minimum atomic E-state index is 0.399. The fraction of sp³-hybridized carbons (Fsp3) is 0.348. The van der Waals surface area contributed by atoms with Gasteiger partial charge in [0.2, 0.25) is 0 Å². The SMILES string of the molecule is Cc1noc(C)c1CN1CCC(c2nc3ccc(Nc4ccccc4)cn3n2)CC1. The third-order valence-electron chi connectivity index (χ3n) is 5.93. The zero-order chi connectivity index (χ0) is 20.5. The molecule has 1 aliphatic rings. The van der Waals surface area contributed by atoms with Gasteiger partial charge in [-0.15, -0.1) is 0 Å². The van der Waals surface area contributed by atoms with E-state index >= 15 is 0 Å². The zero-order valence-corrected chi connectivity index (χ0v) is 17.4. The third kappa shape index (κ3) is 3.80. The highest BCUT2D eigenvalue weighted by Gasteiger charge is 2.25. The number of pyridine rings is 1. The molecule has 7 heteroatoms. The first kappa shape index (κ1) is 18.8. The number of anilines is 2. The van der Waals surface area contributed by atoms with Gasteiger partial charge in [0.25, 0.3) is 0 Å². The van der Waals surface area contributed by atoms with Crippen molar-refractivity contribution in [1.82, 2.24) is 24.7 Å². The number of aromatic nitrogens is 4. The molecule has 1 aromatic carbocycles. The molecular weight excluding hydrogens is 376 g/mol. The van der Waals surface area contributed by atoms with Gasteiger partial charge >= 0.3 is 0 Å². The highest BCUT2D eigenvalue weighted by molar-refractivity contribution is 5.60. The number of piperidine rings is 1. The van der Waals surface area contributed by atoms with Crippen LogP contribution in [0.1, 0.15) is 41.6 Å². The molecule has 0 bridgehead atoms. The largest absolute Gasteiger partial charge is 0.361 e. The topological polar surface area (TPSA) is 71.5 Å². The van der Waals surface area contributed by atoms with E-state index in [-0.39, 0.29) is 0 Å². The molecule has 3 aromatic heterocycles. The number of benzene rings is 1. The van der Waals surface area contributed by atoms with Crippen molar-refractivity contribution in [2.24, 2.45) is 0 Å². The van der Waals surface area contributed by atoms with Gasteiger partial charge in [-0.05, 0) is 64.0 Å². The smallest absolute Gasteiger partial charge is 0.155 e. The first-order valence-corrected chi connectivity index (χ1v) is 10.5. The number of aryl methyl sites for hydroxylation is 2. The minimum Gasteiger partial charge on any atom is -0.361 e. The van der Waals surface area contributed by atoms with Gasteiger partial charge < -0.3 is 9.84 Å². The normalized spacial score (nSPS) is 15.7. The molecule has 154 valence electrons. The number of nitrogens with one attached hydrogen (secondary N) is 1. The Morgan fingerprint density at radius 1 is 1.03 bits per heavy atom. The van der Waals surface area contributed by atoms with Crippen LogP contribution in [0.4, 0.5) is 11.4 Å². The standard InChI is InChI=1S/C23H26N6O/c1-16-21(17(2)30-27-16)15-28-12-10-18(11-13-28)23-25-22-9-8-20(14-29(22)26-23)24-19-6-4-3-5-7-19/h3-9,14,18,24H,10-13,15H2,1-2H3. The second kappa shape index (κ2) is 7.91. The van der Waals surface area contributed by atoms with Crippen molar-refractivity contribution in [1.29, 1.82) is 0 Å². The number of hydrogen-bond donors (Lipinski definition) is 1. The number of fused-ring (bicyclic) bond motifs is 1. The molecule has 1 aliphatic heterocycles. The van der Waals surface area contributed by atoms with Gasteiger partial charge in [-0.1, -0.05) is 23.4 Å². The lowest BCUT2D eigenvalue weighted by Crippen LogP contribution is -2.33. The number of likely N-dealkylation sites (tertiary alicyclic amines) is 1. The van der Waals surface area contributed by atoms with E-state index in [0.717, 1.165) is 66.8 Å². The maximum Gasteiger partial charge on any atom is 0.155 e. The van der Waals surface area contributed by atoms with E-state index in [1.165, 1.54) is 5.56 Å². The van der Waals surface area contributed by atoms with Crippen LogP contribution < -0.4 is 5.32 Å². The van der Waals surface area contributed by atoms with Crippen molar-refractivity contribution in [3.05, 3.63) is 71.5 Å². The van der Waals surface area contributed by atoms with Crippen molar-refractivity contribution in [3.63, 3.8) is 0 Å². The van der Waals surface area contributed by atoms with Crippen LogP contribution in [0.3, 0.4) is 0 Å². The van der Waals surface area contributed by atoms with Gasteiger partial charge in [0.15, 0.2) is 11.5 Å². The Morgan fingerprint density at radius 3 is 2.57 bits per heavy atom. The highest BCUT2D eigenvalue weighted by atomic mass is 16.5. The number of para-hydroxylation sites is 1. The van der Waals surface area contributed by atoms with Gasteiger partial charge in [-0.3, -0.25) is 4.90 Å². The molecule has 0 spiro atoms. The summed E-state index contributed by atoms with van der Waals surface area (Å²) in [6, 6.07) is 14.2. The van der Waals surface area contributed by atoms with Crippen molar-refractivity contribution in [2.75, 3.05) is 18.4 Å². The summed E-state index contributed by atoms with van der Waals surface area (Å²) < 4.78 is 7.19. The quantitative estimate of drug-likeness (QED) is 0.531. The second-order valence-corrected chi connectivity index (χ2v) is 8.03. The summed E-state index contributed by atoms with van der Waals surface area (Å²) in [5.74, 6) is 2.27. The average Bonchev–Trinajstić information content (AvgIpc) is 3.33. The summed E-state index contributed by atoms with van der Waals surface area (Å²) in [6.45, 7) is 6.97. The maximum absolute atomic E-state index is 5.30. The van der Waals surface area contributed by atoms with Crippen LogP contribution in [-0.4, -0.2) is 37.7 Å². The molecule has 30 heavy (non-hydrogen) atoms. The van der Waals surface area contributed by atoms with Crippen LogP contribution in [-0.2, 0) is 6.54 Å². The summed E-state index contributed by atoms with van der Waals surface area (Å²) in [5, 5.41) is 12.3. The average molecular weight is 403 g/mol. The van der Waals surface area contributed by atoms with E-state index in [9.17, 15) is 0 Å². The Labute approximate surface area is 175 Å². The molecule has 1 N–H and O–H groups in total. The predicted molar refractivity (Wildman–Crippen MR) is 116 cm³/mol. The number of rotatable bonds is 5. The summed E-state index contributed by atoms with van der Waals surface area (Å²) >= 11 is 0. The van der Waals surface area contributed by atoms with Gasteiger partial charge in [0.05, 0.1) is 17.6 Å². The van der Waals surface area contributed by atoms with Gasteiger partial charge in [0, 0.05) is 23.7 Å². The monoisotopic (exact) mass is 402 g/mol. The van der Waals surface area contributed by atoms with Crippen LogP contribution in [0.5, 0.6) is 0 Å². The van der Waals surface area contributed by atoms with Crippen molar-refractivity contribution >= 4 is 17.0 Å². The fourth-order valence-corrected chi connectivity index (χ4v) is 4.14. The lowest BCUT2D eigenvalue weighted by atomic mass is 9.96. The molecule has 4 aromatic rings. The fourth-order valence-electron chi connectivity index (χ4n) is 4.14. The summed E-state index contributed by atoms with van der Waals surface area (Å²) in [4.78, 5) is 7.27. The van der Waals surface area contributed by atoms with E-state index in [4.69, 9.17) is 14.6 Å². The predicted octanol–water partition coefficient (Wildman–Crippen LogP) is 4.46. The van der Waals surface area contributed by atoms with Crippen LogP contribution in [0.2, 0.25) is 0 Å². The molecule has 0 atom stereocenters. The molecule has 4 heterocycles. The second-order valence-electron chi connectivity index (χ2n) is 8.03. The first-order chi connectivity index (χ1) is 14.7. The zero-order valence-electron chi connectivity index (χ0n) is 17.4. The van der Waals surface area contributed by atoms with Gasteiger partial charge in [-0.25, -0.2) is 9.50 Å². The molecule has 1 saturated heterocycles. The molecule has 1 fully saturated rings. The number of nitrogens with zero attached hydrogens (tertiary/aromatic N) is 5. The molecule has 0 unspecified atom stereocenters. The minimum absolute atomic E-state index is 0.399. The molecule has 0 aliphatic carbocycles. The summed E-state index contributed by atoms with van der Waals surface area (Å²) in [7, 11) is 0. The molecule has 7 nitrogen and oxygen atoms in total. The van der Waals surface area contributed by atoms with Crippen LogP contribution in [0.25, 0.3) is 5.65 Å². The van der Waals surface area contributed by atoms with Gasteiger partial charge in [-0.2, -0.15) is 5.10 Å². The highest BCUT2D eigenvalue weighted by Crippen LogP contribution is 2.28. The molecule has 5 rings (SSSR count). The molecule has 0 amide bonds. The number of hydrogen-bond acceptors (Lipinski definition) is 6. The van der Waals surface area contributed by atoms with E-state index in [1.807, 2.05) is 67.0 Å². The Balaban J connectivity index is 1.25. The third-order valence-corrected chi connectivity index (χ3v) is 5.93. The first-order valence-electron chi connectivity index (χ1n) is 10.5. The van der Waals surface area contributed by atoms with Crippen LogP contribution >= 0.6 is 0 Å². The van der Waals surface area contributed by atoms with Crippen LogP contribution in [0, 0.1) is 13.8 Å². The Kier molecular flexibility index (Phi) is 4.96. The summed E-state index contributed by atoms with van der Waals surface area (Å²) in [5.41, 5.74) is 5.17. The van der Waals surface area contributed by atoms with E-state index in [2.05, 4.69) is 15.4 Å². The van der Waals surface area contributed by atoms with Crippen molar-refractivity contribution in [2.45, 2.75) is 39.2 Å². The van der Waals surface area contributed by atoms with Gasteiger partial charge in [0.1, 0.15) is 5.76 Å². The van der Waals surface area contributed by atoms with Crippen molar-refractivity contribution in [3.8, 4) is 0 Å². The molecular formula is C23H26N6O. The molecule has 0 radical (unpaired) electrons.